The van der Waals surface area contributed by atoms with Gasteiger partial charge in [0.2, 0.25) is 0 Å². The van der Waals surface area contributed by atoms with Crippen molar-refractivity contribution >= 4 is 6.03 Å². The molecule has 0 radical (unpaired) electrons. The van der Waals surface area contributed by atoms with Gasteiger partial charge < -0.3 is 15.0 Å². The number of amides is 2. The number of hydrogen-bond acceptors (Lipinski definition) is 2. The molecule has 2 aromatic carbocycles. The van der Waals surface area contributed by atoms with E-state index in [1.54, 1.807) is 31.3 Å². The summed E-state index contributed by atoms with van der Waals surface area (Å²) in [5.41, 5.74) is 1.72. The molecule has 0 heterocycles. The van der Waals surface area contributed by atoms with E-state index in [1.807, 2.05) is 0 Å². The Balaban J connectivity index is 1.76. The Labute approximate surface area is 144 Å². The summed E-state index contributed by atoms with van der Waals surface area (Å²) in [6.07, 6.45) is 0.597. The average molecular weight is 352 g/mol. The molecule has 0 unspecified atom stereocenters. The van der Waals surface area contributed by atoms with Crippen molar-refractivity contribution in [1.29, 1.82) is 0 Å². The second-order valence-corrected chi connectivity index (χ2v) is 5.49. The van der Waals surface area contributed by atoms with Crippen LogP contribution in [0.5, 0.6) is 5.75 Å². The first kappa shape index (κ1) is 18.6. The van der Waals surface area contributed by atoms with E-state index in [4.69, 9.17) is 0 Å². The number of hydrogen-bond donors (Lipinski definition) is 1. The van der Waals surface area contributed by atoms with E-state index in [0.29, 0.717) is 19.5 Å². The maximum atomic E-state index is 12.8. The van der Waals surface area contributed by atoms with Gasteiger partial charge in [-0.3, -0.25) is 0 Å². The van der Waals surface area contributed by atoms with Crippen molar-refractivity contribution in [1.82, 2.24) is 10.2 Å². The van der Waals surface area contributed by atoms with E-state index >= 15 is 0 Å². The highest BCUT2D eigenvalue weighted by atomic mass is 19.3. The van der Waals surface area contributed by atoms with Crippen LogP contribution in [-0.4, -0.2) is 31.1 Å². The van der Waals surface area contributed by atoms with Crippen LogP contribution in [0.15, 0.2) is 48.5 Å². The molecule has 0 spiro atoms. The Morgan fingerprint density at radius 3 is 2.28 bits per heavy atom. The molecule has 0 fully saturated rings. The number of nitrogens with one attached hydrogen (secondary N) is 1. The Morgan fingerprint density at radius 2 is 1.68 bits per heavy atom. The van der Waals surface area contributed by atoms with Gasteiger partial charge in [0.05, 0.1) is 0 Å². The predicted octanol–water partition coefficient (Wildman–Crippen LogP) is 3.81. The molecule has 2 aromatic rings. The van der Waals surface area contributed by atoms with Crippen molar-refractivity contribution in [3.63, 3.8) is 0 Å². The van der Waals surface area contributed by atoms with Crippen molar-refractivity contribution in [2.45, 2.75) is 19.6 Å². The van der Waals surface area contributed by atoms with Gasteiger partial charge >= 0.3 is 12.6 Å². The van der Waals surface area contributed by atoms with Crippen LogP contribution in [0, 0.1) is 5.82 Å². The summed E-state index contributed by atoms with van der Waals surface area (Å²) in [5.74, 6) is -0.220. The highest BCUT2D eigenvalue weighted by Crippen LogP contribution is 2.15. The van der Waals surface area contributed by atoms with Crippen LogP contribution in [0.25, 0.3) is 0 Å². The quantitative estimate of drug-likeness (QED) is 0.823. The number of carbonyl (C=O) groups excluding carboxylic acids is 1. The largest absolute Gasteiger partial charge is 0.435 e. The minimum atomic E-state index is -2.86. The SMILES string of the molecule is CN(Cc1ccc(OC(F)F)cc1)C(=O)NCCc1ccc(F)cc1. The van der Waals surface area contributed by atoms with E-state index in [-0.39, 0.29) is 17.6 Å². The summed E-state index contributed by atoms with van der Waals surface area (Å²) in [6.45, 7) is -2.10. The van der Waals surface area contributed by atoms with Crippen LogP contribution in [-0.2, 0) is 13.0 Å². The molecule has 2 rings (SSSR count). The molecule has 2 amide bonds. The minimum Gasteiger partial charge on any atom is -0.435 e. The van der Waals surface area contributed by atoms with Crippen LogP contribution in [0.1, 0.15) is 11.1 Å². The first-order chi connectivity index (χ1) is 11.9. The molecule has 0 aromatic heterocycles. The second-order valence-electron chi connectivity index (χ2n) is 5.49. The van der Waals surface area contributed by atoms with E-state index in [1.165, 1.54) is 29.2 Å². The Bertz CT molecular complexity index is 676. The van der Waals surface area contributed by atoms with Crippen LogP contribution < -0.4 is 10.1 Å². The molecule has 7 heteroatoms. The summed E-state index contributed by atoms with van der Waals surface area (Å²) in [5, 5.41) is 2.77. The highest BCUT2D eigenvalue weighted by Gasteiger charge is 2.09. The maximum absolute atomic E-state index is 12.8. The van der Waals surface area contributed by atoms with Crippen LogP contribution in [0.4, 0.5) is 18.0 Å². The monoisotopic (exact) mass is 352 g/mol. The fourth-order valence-electron chi connectivity index (χ4n) is 2.22. The standard InChI is InChI=1S/C18H19F3N2O2/c1-23(12-14-4-8-16(9-5-14)25-17(20)21)18(24)22-11-10-13-2-6-15(19)7-3-13/h2-9,17H,10-12H2,1H3,(H,22,24). The minimum absolute atomic E-state index is 0.0742. The number of rotatable bonds is 7. The lowest BCUT2D eigenvalue weighted by atomic mass is 10.1. The van der Waals surface area contributed by atoms with Gasteiger partial charge in [-0.05, 0) is 41.8 Å². The molecule has 134 valence electrons. The lowest BCUT2D eigenvalue weighted by Gasteiger charge is -2.18. The van der Waals surface area contributed by atoms with Crippen LogP contribution in [0.3, 0.4) is 0 Å². The summed E-state index contributed by atoms with van der Waals surface area (Å²) in [6, 6.07) is 12.0. The molecule has 0 saturated heterocycles. The zero-order chi connectivity index (χ0) is 18.2. The highest BCUT2D eigenvalue weighted by molar-refractivity contribution is 5.73. The van der Waals surface area contributed by atoms with Gasteiger partial charge in [-0.1, -0.05) is 24.3 Å². The van der Waals surface area contributed by atoms with Gasteiger partial charge in [-0.15, -0.1) is 0 Å². The molecule has 25 heavy (non-hydrogen) atoms. The zero-order valence-corrected chi connectivity index (χ0v) is 13.7. The van der Waals surface area contributed by atoms with Gasteiger partial charge in [0.1, 0.15) is 11.6 Å². The molecule has 0 bridgehead atoms. The first-order valence-electron chi connectivity index (χ1n) is 7.71. The van der Waals surface area contributed by atoms with Gasteiger partial charge in [0.25, 0.3) is 0 Å². The Morgan fingerprint density at radius 1 is 1.08 bits per heavy atom. The number of benzene rings is 2. The van der Waals surface area contributed by atoms with Crippen molar-refractivity contribution in [2.75, 3.05) is 13.6 Å². The number of ether oxygens (including phenoxy) is 1. The number of urea groups is 1. The van der Waals surface area contributed by atoms with E-state index in [9.17, 15) is 18.0 Å². The normalized spacial score (nSPS) is 10.6. The number of carbonyl (C=O) groups is 1. The van der Waals surface area contributed by atoms with Gasteiger partial charge in [-0.25, -0.2) is 9.18 Å². The molecular formula is C18H19F3N2O2. The third kappa shape index (κ3) is 6.37. The topological polar surface area (TPSA) is 41.6 Å². The maximum Gasteiger partial charge on any atom is 0.387 e. The fraction of sp³-hybridized carbons (Fsp3) is 0.278. The summed E-state index contributed by atoms with van der Waals surface area (Å²) in [4.78, 5) is 13.5. The third-order valence-corrected chi connectivity index (χ3v) is 3.52. The lowest BCUT2D eigenvalue weighted by molar-refractivity contribution is -0.0498. The smallest absolute Gasteiger partial charge is 0.387 e. The first-order valence-corrected chi connectivity index (χ1v) is 7.71. The summed E-state index contributed by atoms with van der Waals surface area (Å²) in [7, 11) is 1.64. The molecule has 0 saturated carbocycles. The molecule has 4 nitrogen and oxygen atoms in total. The number of halogens is 3. The Kier molecular flexibility index (Phi) is 6.68. The number of nitrogens with zero attached hydrogens (tertiary/aromatic N) is 1. The fourth-order valence-corrected chi connectivity index (χ4v) is 2.22. The van der Waals surface area contributed by atoms with Crippen molar-refractivity contribution < 1.29 is 22.7 Å². The zero-order valence-electron chi connectivity index (χ0n) is 13.7. The molecule has 0 aliphatic heterocycles. The molecule has 0 aliphatic rings. The van der Waals surface area contributed by atoms with E-state index < -0.39 is 6.61 Å². The van der Waals surface area contributed by atoms with E-state index in [0.717, 1.165) is 11.1 Å². The van der Waals surface area contributed by atoms with Crippen LogP contribution >= 0.6 is 0 Å². The lowest BCUT2D eigenvalue weighted by Crippen LogP contribution is -2.37. The summed E-state index contributed by atoms with van der Waals surface area (Å²) >= 11 is 0. The van der Waals surface area contributed by atoms with E-state index in [2.05, 4.69) is 10.1 Å². The predicted molar refractivity (Wildman–Crippen MR) is 88.0 cm³/mol. The molecule has 0 atom stereocenters. The molecule has 1 N–H and O–H groups in total. The average Bonchev–Trinajstić information content (AvgIpc) is 2.58. The molecular weight excluding hydrogens is 333 g/mol. The van der Waals surface area contributed by atoms with Gasteiger partial charge in [-0.2, -0.15) is 8.78 Å². The van der Waals surface area contributed by atoms with Gasteiger partial charge in [0.15, 0.2) is 0 Å². The third-order valence-electron chi connectivity index (χ3n) is 3.52. The van der Waals surface area contributed by atoms with Gasteiger partial charge in [0, 0.05) is 20.1 Å². The van der Waals surface area contributed by atoms with Crippen molar-refractivity contribution in [2.24, 2.45) is 0 Å². The summed E-state index contributed by atoms with van der Waals surface area (Å²) < 4.78 is 41.3. The van der Waals surface area contributed by atoms with Crippen molar-refractivity contribution in [3.8, 4) is 5.75 Å². The Hall–Kier alpha value is -2.70. The van der Waals surface area contributed by atoms with Crippen LogP contribution in [0.2, 0.25) is 0 Å². The molecule has 0 aliphatic carbocycles. The second kappa shape index (κ2) is 8.96. The van der Waals surface area contributed by atoms with Crippen molar-refractivity contribution in [3.05, 3.63) is 65.5 Å². The number of alkyl halides is 2.